The lowest BCUT2D eigenvalue weighted by atomic mass is 9.89. The van der Waals surface area contributed by atoms with Crippen molar-refractivity contribution in [1.29, 1.82) is 0 Å². The van der Waals surface area contributed by atoms with Gasteiger partial charge in [0, 0.05) is 12.4 Å². The Morgan fingerprint density at radius 1 is 1.10 bits per heavy atom. The van der Waals surface area contributed by atoms with E-state index < -0.39 is 12.2 Å². The van der Waals surface area contributed by atoms with E-state index in [0.717, 1.165) is 31.2 Å². The molecule has 4 nitrogen and oxygen atoms in total. The van der Waals surface area contributed by atoms with Gasteiger partial charge in [-0.2, -0.15) is 0 Å². The Balaban J connectivity index is 1.88. The van der Waals surface area contributed by atoms with Crippen molar-refractivity contribution in [3.63, 3.8) is 0 Å². The lowest BCUT2D eigenvalue weighted by Crippen LogP contribution is -2.39. The van der Waals surface area contributed by atoms with Crippen molar-refractivity contribution in [1.82, 2.24) is 9.55 Å². The summed E-state index contributed by atoms with van der Waals surface area (Å²) >= 11 is 0. The second kappa shape index (κ2) is 6.41. The summed E-state index contributed by atoms with van der Waals surface area (Å²) in [6.07, 6.45) is 8.01. The average Bonchev–Trinajstić information content (AvgIpc) is 3.21. The van der Waals surface area contributed by atoms with Crippen molar-refractivity contribution in [2.24, 2.45) is 5.92 Å². The molecule has 0 amide bonds. The number of nitrogens with zero attached hydrogens (tertiary/aromatic N) is 2. The highest BCUT2D eigenvalue weighted by Gasteiger charge is 2.35. The van der Waals surface area contributed by atoms with Crippen LogP contribution in [0.1, 0.15) is 37.3 Å². The summed E-state index contributed by atoms with van der Waals surface area (Å²) in [5, 5.41) is 21.3. The lowest BCUT2D eigenvalue weighted by molar-refractivity contribution is -0.0346. The summed E-state index contributed by atoms with van der Waals surface area (Å²) in [5.74, 6) is 0.203. The molecule has 0 radical (unpaired) electrons. The first-order chi connectivity index (χ1) is 10.3. The summed E-state index contributed by atoms with van der Waals surface area (Å²) in [6.45, 7) is 0. The van der Waals surface area contributed by atoms with Gasteiger partial charge in [0.1, 0.15) is 6.10 Å². The Morgan fingerprint density at radius 3 is 2.43 bits per heavy atom. The summed E-state index contributed by atoms with van der Waals surface area (Å²) in [6, 6.07) is 9.52. The summed E-state index contributed by atoms with van der Waals surface area (Å²) < 4.78 is 1.87. The van der Waals surface area contributed by atoms with Crippen LogP contribution in [0.2, 0.25) is 0 Å². The molecule has 3 unspecified atom stereocenters. The molecule has 1 heterocycles. The second-order valence-electron chi connectivity index (χ2n) is 5.89. The van der Waals surface area contributed by atoms with Crippen LogP contribution in [-0.4, -0.2) is 32.0 Å². The highest BCUT2D eigenvalue weighted by Crippen LogP contribution is 2.33. The van der Waals surface area contributed by atoms with Gasteiger partial charge in [-0.25, -0.2) is 4.98 Å². The van der Waals surface area contributed by atoms with Crippen molar-refractivity contribution in [3.8, 4) is 0 Å². The standard InChI is InChI=1S/C17H22N2O2/c20-16(14-8-4-5-9-14)17(21)15(19-11-10-18-12-19)13-6-2-1-3-7-13/h1-3,6-7,10-12,14-17,20-21H,4-5,8-9H2. The number of aromatic nitrogens is 2. The van der Waals surface area contributed by atoms with Crippen LogP contribution in [0.3, 0.4) is 0 Å². The Kier molecular flexibility index (Phi) is 4.36. The molecule has 2 N–H and O–H groups in total. The smallest absolute Gasteiger partial charge is 0.105 e. The van der Waals surface area contributed by atoms with Crippen LogP contribution in [0.25, 0.3) is 0 Å². The topological polar surface area (TPSA) is 58.3 Å². The largest absolute Gasteiger partial charge is 0.390 e. The van der Waals surface area contributed by atoms with Gasteiger partial charge in [-0.15, -0.1) is 0 Å². The van der Waals surface area contributed by atoms with E-state index in [-0.39, 0.29) is 12.0 Å². The lowest BCUT2D eigenvalue weighted by Gasteiger charge is -2.31. The molecule has 0 aliphatic heterocycles. The summed E-state index contributed by atoms with van der Waals surface area (Å²) in [4.78, 5) is 4.08. The minimum Gasteiger partial charge on any atom is -0.390 e. The van der Waals surface area contributed by atoms with Crippen LogP contribution in [-0.2, 0) is 0 Å². The van der Waals surface area contributed by atoms with Gasteiger partial charge in [0.15, 0.2) is 0 Å². The molecule has 4 heteroatoms. The maximum Gasteiger partial charge on any atom is 0.105 e. The zero-order valence-electron chi connectivity index (χ0n) is 12.0. The predicted molar refractivity (Wildman–Crippen MR) is 80.8 cm³/mol. The van der Waals surface area contributed by atoms with Gasteiger partial charge in [-0.3, -0.25) is 0 Å². The Morgan fingerprint density at radius 2 is 1.81 bits per heavy atom. The highest BCUT2D eigenvalue weighted by molar-refractivity contribution is 5.22. The SMILES string of the molecule is OC(C1CCCC1)C(O)C(c1ccccc1)n1ccnc1. The van der Waals surface area contributed by atoms with E-state index in [1.807, 2.05) is 41.1 Å². The molecule has 1 aromatic heterocycles. The Bertz CT molecular complexity index is 535. The van der Waals surface area contributed by atoms with Crippen LogP contribution in [0.5, 0.6) is 0 Å². The van der Waals surface area contributed by atoms with Crippen molar-refractivity contribution in [2.45, 2.75) is 43.9 Å². The summed E-state index contributed by atoms with van der Waals surface area (Å²) in [5.41, 5.74) is 0.986. The molecule has 0 saturated heterocycles. The molecule has 3 rings (SSSR count). The molecule has 0 bridgehead atoms. The fourth-order valence-electron chi connectivity index (χ4n) is 3.39. The van der Waals surface area contributed by atoms with E-state index in [4.69, 9.17) is 0 Å². The Hall–Kier alpha value is -1.65. The fourth-order valence-corrected chi connectivity index (χ4v) is 3.39. The molecule has 0 spiro atoms. The van der Waals surface area contributed by atoms with Crippen molar-refractivity contribution in [3.05, 3.63) is 54.6 Å². The van der Waals surface area contributed by atoms with Crippen LogP contribution < -0.4 is 0 Å². The maximum atomic E-state index is 10.8. The number of hydrogen-bond donors (Lipinski definition) is 2. The van der Waals surface area contributed by atoms with E-state index >= 15 is 0 Å². The van der Waals surface area contributed by atoms with Gasteiger partial charge in [0.25, 0.3) is 0 Å². The molecular formula is C17H22N2O2. The molecule has 112 valence electrons. The average molecular weight is 286 g/mol. The van der Waals surface area contributed by atoms with Crippen molar-refractivity contribution < 1.29 is 10.2 Å². The molecule has 1 aliphatic carbocycles. The third-order valence-electron chi connectivity index (χ3n) is 4.54. The molecule has 1 saturated carbocycles. The fraction of sp³-hybridized carbons (Fsp3) is 0.471. The maximum absolute atomic E-state index is 10.8. The number of benzene rings is 1. The molecule has 1 aromatic carbocycles. The van der Waals surface area contributed by atoms with E-state index in [2.05, 4.69) is 4.98 Å². The van der Waals surface area contributed by atoms with Crippen molar-refractivity contribution >= 4 is 0 Å². The number of rotatable bonds is 5. The van der Waals surface area contributed by atoms with E-state index in [0.29, 0.717) is 0 Å². The molecule has 1 fully saturated rings. The van der Waals surface area contributed by atoms with Gasteiger partial charge in [-0.1, -0.05) is 43.2 Å². The van der Waals surface area contributed by atoms with Gasteiger partial charge in [0.05, 0.1) is 18.5 Å². The van der Waals surface area contributed by atoms with Gasteiger partial charge < -0.3 is 14.8 Å². The molecule has 1 aliphatic rings. The summed E-state index contributed by atoms with van der Waals surface area (Å²) in [7, 11) is 0. The minimum absolute atomic E-state index is 0.203. The third kappa shape index (κ3) is 3.01. The monoisotopic (exact) mass is 286 g/mol. The van der Waals surface area contributed by atoms with E-state index in [1.54, 1.807) is 12.5 Å². The first-order valence-electron chi connectivity index (χ1n) is 7.66. The first kappa shape index (κ1) is 14.3. The van der Waals surface area contributed by atoms with Gasteiger partial charge >= 0.3 is 0 Å². The van der Waals surface area contributed by atoms with E-state index in [9.17, 15) is 10.2 Å². The highest BCUT2D eigenvalue weighted by atomic mass is 16.3. The minimum atomic E-state index is -0.829. The normalized spacial score (nSPS) is 20.3. The van der Waals surface area contributed by atoms with Crippen LogP contribution in [0.4, 0.5) is 0 Å². The number of aliphatic hydroxyl groups is 2. The molecular weight excluding hydrogens is 264 g/mol. The number of hydrogen-bond acceptors (Lipinski definition) is 3. The zero-order chi connectivity index (χ0) is 14.7. The molecule has 2 aromatic rings. The van der Waals surface area contributed by atoms with Gasteiger partial charge in [-0.05, 0) is 24.3 Å². The van der Waals surface area contributed by atoms with Crippen LogP contribution in [0, 0.1) is 5.92 Å². The third-order valence-corrected chi connectivity index (χ3v) is 4.54. The number of aliphatic hydroxyl groups excluding tert-OH is 2. The molecule has 3 atom stereocenters. The van der Waals surface area contributed by atoms with Crippen LogP contribution >= 0.6 is 0 Å². The predicted octanol–water partition coefficient (Wildman–Crippen LogP) is 2.38. The number of imidazole rings is 1. The van der Waals surface area contributed by atoms with Crippen LogP contribution in [0.15, 0.2) is 49.1 Å². The second-order valence-corrected chi connectivity index (χ2v) is 5.89. The van der Waals surface area contributed by atoms with E-state index in [1.165, 1.54) is 0 Å². The Labute approximate surface area is 125 Å². The quantitative estimate of drug-likeness (QED) is 0.887. The van der Waals surface area contributed by atoms with Crippen molar-refractivity contribution in [2.75, 3.05) is 0 Å². The zero-order valence-corrected chi connectivity index (χ0v) is 12.0. The van der Waals surface area contributed by atoms with Gasteiger partial charge in [0.2, 0.25) is 0 Å². The first-order valence-corrected chi connectivity index (χ1v) is 7.66. The molecule has 21 heavy (non-hydrogen) atoms.